The number of halogens is 1. The van der Waals surface area contributed by atoms with Crippen molar-refractivity contribution in [3.63, 3.8) is 0 Å². The van der Waals surface area contributed by atoms with Gasteiger partial charge in [0.25, 0.3) is 0 Å². The molecule has 1 amide bonds. The lowest BCUT2D eigenvalue weighted by atomic mass is 9.97. The molecule has 3 rings (SSSR count). The Morgan fingerprint density at radius 3 is 2.75 bits per heavy atom. The number of rotatable bonds is 2. The molecule has 0 fully saturated rings. The number of hydrogen-bond donors (Lipinski definition) is 1. The van der Waals surface area contributed by atoms with E-state index in [4.69, 9.17) is 0 Å². The van der Waals surface area contributed by atoms with Gasteiger partial charge in [-0.05, 0) is 54.4 Å². The first-order valence-electron chi connectivity index (χ1n) is 6.28. The molecule has 0 spiro atoms. The molecule has 0 aliphatic carbocycles. The topological polar surface area (TPSA) is 46.2 Å². The zero-order valence-corrected chi connectivity index (χ0v) is 12.5. The molecule has 0 saturated heterocycles. The number of aryl methyl sites for hydroxylation is 1. The largest absolute Gasteiger partial charge is 0.326 e. The third-order valence-electron chi connectivity index (χ3n) is 3.43. The standard InChI is InChI=1S/C16H12BrNO2/c1-9-6-12(17)3-4-13(9)16(20)10-2-5-14-11(7-10)8-15(19)18-14/h2-7H,8H2,1H3,(H,18,19). The van der Waals surface area contributed by atoms with Crippen LogP contribution in [0.15, 0.2) is 40.9 Å². The molecular formula is C16H12BrNO2. The predicted molar refractivity (Wildman–Crippen MR) is 81.1 cm³/mol. The van der Waals surface area contributed by atoms with Crippen molar-refractivity contribution in [1.82, 2.24) is 0 Å². The first kappa shape index (κ1) is 13.1. The number of nitrogens with one attached hydrogen (secondary N) is 1. The van der Waals surface area contributed by atoms with Gasteiger partial charge in [0.05, 0.1) is 6.42 Å². The maximum absolute atomic E-state index is 12.5. The van der Waals surface area contributed by atoms with Crippen LogP contribution in [0, 0.1) is 6.92 Å². The average molecular weight is 330 g/mol. The Hall–Kier alpha value is -1.94. The summed E-state index contributed by atoms with van der Waals surface area (Å²) in [7, 11) is 0. The number of carbonyl (C=O) groups is 2. The third-order valence-corrected chi connectivity index (χ3v) is 3.92. The normalized spacial score (nSPS) is 13.0. The monoisotopic (exact) mass is 329 g/mol. The fraction of sp³-hybridized carbons (Fsp3) is 0.125. The van der Waals surface area contributed by atoms with Crippen molar-refractivity contribution >= 4 is 33.3 Å². The maximum Gasteiger partial charge on any atom is 0.228 e. The van der Waals surface area contributed by atoms with Crippen LogP contribution in [0.25, 0.3) is 0 Å². The zero-order chi connectivity index (χ0) is 14.3. The highest BCUT2D eigenvalue weighted by Gasteiger charge is 2.20. The maximum atomic E-state index is 12.5. The van der Waals surface area contributed by atoms with E-state index in [9.17, 15) is 9.59 Å². The number of carbonyl (C=O) groups excluding carboxylic acids is 2. The van der Waals surface area contributed by atoms with Crippen molar-refractivity contribution in [2.24, 2.45) is 0 Å². The van der Waals surface area contributed by atoms with Gasteiger partial charge < -0.3 is 5.32 Å². The first-order valence-corrected chi connectivity index (χ1v) is 7.07. The molecule has 1 heterocycles. The van der Waals surface area contributed by atoms with Gasteiger partial charge in [0.2, 0.25) is 5.91 Å². The van der Waals surface area contributed by atoms with E-state index in [0.29, 0.717) is 17.5 Å². The Bertz CT molecular complexity index is 737. The van der Waals surface area contributed by atoms with E-state index in [2.05, 4.69) is 21.2 Å². The number of anilines is 1. The van der Waals surface area contributed by atoms with Crippen LogP contribution in [0.1, 0.15) is 27.0 Å². The summed E-state index contributed by atoms with van der Waals surface area (Å²) >= 11 is 3.39. The van der Waals surface area contributed by atoms with Gasteiger partial charge in [-0.1, -0.05) is 15.9 Å². The van der Waals surface area contributed by atoms with Crippen LogP contribution in [-0.2, 0) is 11.2 Å². The van der Waals surface area contributed by atoms with Crippen LogP contribution in [0.3, 0.4) is 0 Å². The molecule has 1 aliphatic rings. The number of ketones is 1. The molecule has 1 N–H and O–H groups in total. The lowest BCUT2D eigenvalue weighted by molar-refractivity contribution is -0.115. The molecule has 0 saturated carbocycles. The van der Waals surface area contributed by atoms with E-state index in [1.165, 1.54) is 0 Å². The van der Waals surface area contributed by atoms with Crippen LogP contribution in [0.2, 0.25) is 0 Å². The number of benzene rings is 2. The van der Waals surface area contributed by atoms with Gasteiger partial charge in [0, 0.05) is 21.3 Å². The SMILES string of the molecule is Cc1cc(Br)ccc1C(=O)c1ccc2c(c1)CC(=O)N2. The highest BCUT2D eigenvalue weighted by Crippen LogP contribution is 2.26. The Labute approximate surface area is 125 Å². The molecule has 20 heavy (non-hydrogen) atoms. The second kappa shape index (κ2) is 4.87. The van der Waals surface area contributed by atoms with Crippen LogP contribution in [0.4, 0.5) is 5.69 Å². The van der Waals surface area contributed by atoms with E-state index in [0.717, 1.165) is 21.3 Å². The molecule has 0 aromatic heterocycles. The zero-order valence-electron chi connectivity index (χ0n) is 10.9. The molecule has 2 aromatic carbocycles. The molecule has 4 heteroatoms. The third kappa shape index (κ3) is 2.27. The molecule has 0 radical (unpaired) electrons. The summed E-state index contributed by atoms with van der Waals surface area (Å²) in [6.45, 7) is 1.91. The summed E-state index contributed by atoms with van der Waals surface area (Å²) in [6, 6.07) is 11.0. The van der Waals surface area contributed by atoms with Gasteiger partial charge in [0.15, 0.2) is 5.78 Å². The van der Waals surface area contributed by atoms with Gasteiger partial charge in [-0.3, -0.25) is 9.59 Å². The van der Waals surface area contributed by atoms with Gasteiger partial charge >= 0.3 is 0 Å². The summed E-state index contributed by atoms with van der Waals surface area (Å²) in [5.74, 6) is -0.0402. The quantitative estimate of drug-likeness (QED) is 0.857. The van der Waals surface area contributed by atoms with Crippen molar-refractivity contribution in [1.29, 1.82) is 0 Å². The summed E-state index contributed by atoms with van der Waals surface area (Å²) in [6.07, 6.45) is 0.343. The van der Waals surface area contributed by atoms with Gasteiger partial charge in [0.1, 0.15) is 0 Å². The average Bonchev–Trinajstić information content (AvgIpc) is 2.77. The summed E-state index contributed by atoms with van der Waals surface area (Å²) < 4.78 is 0.954. The van der Waals surface area contributed by atoms with E-state index < -0.39 is 0 Å². The Kier molecular flexibility index (Phi) is 3.18. The molecule has 0 bridgehead atoms. The summed E-state index contributed by atoms with van der Waals surface area (Å²) in [5, 5.41) is 2.77. The fourth-order valence-corrected chi connectivity index (χ4v) is 2.88. The second-order valence-electron chi connectivity index (χ2n) is 4.89. The Morgan fingerprint density at radius 2 is 2.00 bits per heavy atom. The highest BCUT2D eigenvalue weighted by atomic mass is 79.9. The van der Waals surface area contributed by atoms with Crippen molar-refractivity contribution in [2.75, 3.05) is 5.32 Å². The smallest absolute Gasteiger partial charge is 0.228 e. The summed E-state index contributed by atoms with van der Waals surface area (Å²) in [4.78, 5) is 23.9. The van der Waals surface area contributed by atoms with Crippen molar-refractivity contribution in [3.8, 4) is 0 Å². The lowest BCUT2D eigenvalue weighted by Gasteiger charge is -2.07. The molecule has 0 unspecified atom stereocenters. The Morgan fingerprint density at radius 1 is 1.20 bits per heavy atom. The molecule has 100 valence electrons. The second-order valence-corrected chi connectivity index (χ2v) is 5.80. The molecule has 0 atom stereocenters. The Balaban J connectivity index is 1.99. The van der Waals surface area contributed by atoms with Gasteiger partial charge in [-0.15, -0.1) is 0 Å². The minimum atomic E-state index is -0.0237. The molecule has 2 aromatic rings. The minimum Gasteiger partial charge on any atom is -0.326 e. The van der Waals surface area contributed by atoms with E-state index in [1.807, 2.05) is 25.1 Å². The van der Waals surface area contributed by atoms with Crippen molar-refractivity contribution in [3.05, 3.63) is 63.1 Å². The molecule has 1 aliphatic heterocycles. The van der Waals surface area contributed by atoms with Crippen LogP contribution in [0.5, 0.6) is 0 Å². The predicted octanol–water partition coefficient (Wildman–Crippen LogP) is 3.48. The lowest BCUT2D eigenvalue weighted by Crippen LogP contribution is -2.04. The summed E-state index contributed by atoms with van der Waals surface area (Å²) in [5.41, 5.74) is 3.92. The fourth-order valence-electron chi connectivity index (χ4n) is 2.41. The highest BCUT2D eigenvalue weighted by molar-refractivity contribution is 9.10. The van der Waals surface area contributed by atoms with E-state index in [1.54, 1.807) is 18.2 Å². The van der Waals surface area contributed by atoms with Crippen molar-refractivity contribution < 1.29 is 9.59 Å². The van der Waals surface area contributed by atoms with Crippen LogP contribution >= 0.6 is 15.9 Å². The number of amides is 1. The molecular weight excluding hydrogens is 318 g/mol. The first-order chi connectivity index (χ1) is 9.54. The van der Waals surface area contributed by atoms with E-state index >= 15 is 0 Å². The van der Waals surface area contributed by atoms with Gasteiger partial charge in [-0.2, -0.15) is 0 Å². The minimum absolute atomic E-state index is 0.0165. The number of hydrogen-bond acceptors (Lipinski definition) is 2. The van der Waals surface area contributed by atoms with Crippen molar-refractivity contribution in [2.45, 2.75) is 13.3 Å². The molecule has 3 nitrogen and oxygen atoms in total. The van der Waals surface area contributed by atoms with E-state index in [-0.39, 0.29) is 11.7 Å². The van der Waals surface area contributed by atoms with Crippen LogP contribution in [-0.4, -0.2) is 11.7 Å². The van der Waals surface area contributed by atoms with Gasteiger partial charge in [-0.25, -0.2) is 0 Å². The number of fused-ring (bicyclic) bond motifs is 1. The van der Waals surface area contributed by atoms with Crippen LogP contribution < -0.4 is 5.32 Å².